The molecule has 0 saturated carbocycles. The fourth-order valence-corrected chi connectivity index (χ4v) is 5.21. The van der Waals surface area contributed by atoms with Crippen molar-refractivity contribution in [2.75, 3.05) is 5.32 Å². The molecular weight excluding hydrogens is 450 g/mol. The number of benzene rings is 2. The van der Waals surface area contributed by atoms with E-state index < -0.39 is 0 Å². The zero-order chi connectivity index (χ0) is 26.7. The van der Waals surface area contributed by atoms with Gasteiger partial charge in [-0.05, 0) is 92.4 Å². The van der Waals surface area contributed by atoms with Crippen LogP contribution < -0.4 is 5.32 Å². The van der Waals surface area contributed by atoms with Crippen LogP contribution in [0, 0.1) is 0 Å². The van der Waals surface area contributed by atoms with Gasteiger partial charge in [-0.1, -0.05) is 91.8 Å². The third-order valence-electron chi connectivity index (χ3n) is 7.10. The maximum atomic E-state index is 4.65. The SMILES string of the molecule is CC(C)c1cccc(C(C)C)c1-c1ccnc(Nc2cc(-c3c(C(C)C)cccc3C(C)C)ccn2)c1. The van der Waals surface area contributed by atoms with Gasteiger partial charge in [-0.2, -0.15) is 0 Å². The maximum absolute atomic E-state index is 4.65. The first-order valence-electron chi connectivity index (χ1n) is 13.6. The van der Waals surface area contributed by atoms with Crippen molar-refractivity contribution in [3.05, 3.63) is 95.3 Å². The molecule has 3 nitrogen and oxygen atoms in total. The first-order chi connectivity index (χ1) is 17.7. The van der Waals surface area contributed by atoms with Crippen LogP contribution >= 0.6 is 0 Å². The third-order valence-corrected chi connectivity index (χ3v) is 7.10. The molecule has 0 atom stereocenters. The van der Waals surface area contributed by atoms with Crippen LogP contribution in [-0.2, 0) is 0 Å². The Hall–Kier alpha value is -3.46. The van der Waals surface area contributed by atoms with E-state index in [1.807, 2.05) is 12.4 Å². The van der Waals surface area contributed by atoms with Crippen molar-refractivity contribution >= 4 is 11.6 Å². The predicted molar refractivity (Wildman–Crippen MR) is 159 cm³/mol. The van der Waals surface area contributed by atoms with Crippen molar-refractivity contribution in [1.29, 1.82) is 0 Å². The van der Waals surface area contributed by atoms with Crippen LogP contribution in [0.5, 0.6) is 0 Å². The highest BCUT2D eigenvalue weighted by atomic mass is 15.0. The van der Waals surface area contributed by atoms with Gasteiger partial charge >= 0.3 is 0 Å². The van der Waals surface area contributed by atoms with E-state index in [-0.39, 0.29) is 0 Å². The number of nitrogens with one attached hydrogen (secondary N) is 1. The fraction of sp³-hybridized carbons (Fsp3) is 0.353. The monoisotopic (exact) mass is 491 g/mol. The molecule has 2 heterocycles. The van der Waals surface area contributed by atoms with Crippen LogP contribution in [0.3, 0.4) is 0 Å². The first kappa shape index (κ1) is 26.6. The summed E-state index contributed by atoms with van der Waals surface area (Å²) in [6.45, 7) is 18.1. The van der Waals surface area contributed by atoms with E-state index in [9.17, 15) is 0 Å². The minimum absolute atomic E-state index is 0.438. The molecule has 37 heavy (non-hydrogen) atoms. The van der Waals surface area contributed by atoms with E-state index in [0.29, 0.717) is 23.7 Å². The van der Waals surface area contributed by atoms with Gasteiger partial charge in [0.1, 0.15) is 11.6 Å². The van der Waals surface area contributed by atoms with E-state index in [2.05, 4.69) is 131 Å². The summed E-state index contributed by atoms with van der Waals surface area (Å²) in [7, 11) is 0. The third kappa shape index (κ3) is 5.77. The lowest BCUT2D eigenvalue weighted by molar-refractivity contribution is 0.838. The number of nitrogens with zero attached hydrogens (tertiary/aromatic N) is 2. The zero-order valence-electron chi connectivity index (χ0n) is 23.6. The molecule has 192 valence electrons. The van der Waals surface area contributed by atoms with Crippen LogP contribution in [0.1, 0.15) is 101 Å². The van der Waals surface area contributed by atoms with Gasteiger partial charge in [0.25, 0.3) is 0 Å². The molecule has 0 aliphatic carbocycles. The molecule has 3 heteroatoms. The maximum Gasteiger partial charge on any atom is 0.132 e. The number of hydrogen-bond acceptors (Lipinski definition) is 3. The average Bonchev–Trinajstić information content (AvgIpc) is 2.87. The van der Waals surface area contributed by atoms with Gasteiger partial charge in [0.15, 0.2) is 0 Å². The summed E-state index contributed by atoms with van der Waals surface area (Å²) in [6.07, 6.45) is 3.79. The lowest BCUT2D eigenvalue weighted by Crippen LogP contribution is -2.02. The summed E-state index contributed by atoms with van der Waals surface area (Å²) in [4.78, 5) is 9.30. The molecule has 0 amide bonds. The van der Waals surface area contributed by atoms with E-state index in [1.165, 1.54) is 44.5 Å². The highest BCUT2D eigenvalue weighted by Crippen LogP contribution is 2.38. The van der Waals surface area contributed by atoms with Gasteiger partial charge in [-0.3, -0.25) is 0 Å². The second kappa shape index (κ2) is 11.3. The Morgan fingerprint density at radius 1 is 0.486 bits per heavy atom. The molecule has 0 saturated heterocycles. The Labute approximate surface area is 223 Å². The smallest absolute Gasteiger partial charge is 0.132 e. The molecule has 0 radical (unpaired) electrons. The molecule has 0 aliphatic rings. The van der Waals surface area contributed by atoms with Crippen LogP contribution in [0.4, 0.5) is 11.6 Å². The van der Waals surface area contributed by atoms with Crippen LogP contribution in [0.25, 0.3) is 22.3 Å². The summed E-state index contributed by atoms with van der Waals surface area (Å²) in [5.74, 6) is 3.36. The minimum atomic E-state index is 0.438. The molecule has 1 N–H and O–H groups in total. The van der Waals surface area contributed by atoms with Crippen molar-refractivity contribution in [2.24, 2.45) is 0 Å². The minimum Gasteiger partial charge on any atom is -0.325 e. The van der Waals surface area contributed by atoms with Gasteiger partial charge in [0, 0.05) is 12.4 Å². The molecule has 2 aromatic carbocycles. The molecule has 0 fully saturated rings. The fourth-order valence-electron chi connectivity index (χ4n) is 5.21. The second-order valence-corrected chi connectivity index (χ2v) is 11.2. The van der Waals surface area contributed by atoms with Gasteiger partial charge in [0.05, 0.1) is 0 Å². The lowest BCUT2D eigenvalue weighted by Gasteiger charge is -2.21. The van der Waals surface area contributed by atoms with E-state index in [4.69, 9.17) is 0 Å². The predicted octanol–water partition coefficient (Wildman–Crippen LogP) is 10.0. The van der Waals surface area contributed by atoms with Crippen molar-refractivity contribution in [3.8, 4) is 22.3 Å². The lowest BCUT2D eigenvalue weighted by atomic mass is 9.85. The van der Waals surface area contributed by atoms with E-state index in [1.54, 1.807) is 0 Å². The summed E-state index contributed by atoms with van der Waals surface area (Å²) in [5, 5.41) is 3.50. The number of pyridine rings is 2. The van der Waals surface area contributed by atoms with Crippen molar-refractivity contribution in [3.63, 3.8) is 0 Å². The number of aromatic nitrogens is 2. The molecule has 0 unspecified atom stereocenters. The molecule has 0 spiro atoms. The molecule has 0 bridgehead atoms. The summed E-state index contributed by atoms with van der Waals surface area (Å²) in [6, 6.07) is 21.9. The highest BCUT2D eigenvalue weighted by Gasteiger charge is 2.18. The Bertz CT molecular complexity index is 1210. The van der Waals surface area contributed by atoms with E-state index >= 15 is 0 Å². The second-order valence-electron chi connectivity index (χ2n) is 11.2. The largest absolute Gasteiger partial charge is 0.325 e. The van der Waals surface area contributed by atoms with Gasteiger partial charge in [-0.25, -0.2) is 9.97 Å². The zero-order valence-corrected chi connectivity index (χ0v) is 23.6. The molecular formula is C34H41N3. The summed E-state index contributed by atoms with van der Waals surface area (Å²) < 4.78 is 0. The number of hydrogen-bond donors (Lipinski definition) is 1. The quantitative estimate of drug-likeness (QED) is 0.266. The van der Waals surface area contributed by atoms with Crippen LogP contribution in [0.2, 0.25) is 0 Å². The molecule has 4 rings (SSSR count). The summed E-state index contributed by atoms with van der Waals surface area (Å²) in [5.41, 5.74) is 10.5. The normalized spacial score (nSPS) is 11.7. The molecule has 4 aromatic rings. The van der Waals surface area contributed by atoms with Crippen LogP contribution in [-0.4, -0.2) is 9.97 Å². The number of anilines is 2. The van der Waals surface area contributed by atoms with Crippen LogP contribution in [0.15, 0.2) is 73.1 Å². The van der Waals surface area contributed by atoms with Crippen molar-refractivity contribution < 1.29 is 0 Å². The molecule has 2 aromatic heterocycles. The van der Waals surface area contributed by atoms with Gasteiger partial charge in [-0.15, -0.1) is 0 Å². The highest BCUT2D eigenvalue weighted by molar-refractivity contribution is 5.77. The Morgan fingerprint density at radius 3 is 1.11 bits per heavy atom. The molecule has 0 aliphatic heterocycles. The standard InChI is InChI=1S/C34H41N3/c1-21(2)27-11-9-12-28(22(3)4)33(27)25-15-17-35-31(19-25)37-32-20-26(16-18-36-32)34-29(23(5)6)13-10-14-30(34)24(7)8/h9-24H,1-8H3,(H,35,36,37). The number of rotatable bonds is 8. The Kier molecular flexibility index (Phi) is 8.12. The Balaban J connectivity index is 1.75. The van der Waals surface area contributed by atoms with Crippen molar-refractivity contribution in [2.45, 2.75) is 79.1 Å². The Morgan fingerprint density at radius 2 is 0.811 bits per heavy atom. The average molecular weight is 492 g/mol. The van der Waals surface area contributed by atoms with Gasteiger partial charge < -0.3 is 5.32 Å². The topological polar surface area (TPSA) is 37.8 Å². The summed E-state index contributed by atoms with van der Waals surface area (Å²) >= 11 is 0. The first-order valence-corrected chi connectivity index (χ1v) is 13.6. The van der Waals surface area contributed by atoms with E-state index in [0.717, 1.165) is 11.6 Å². The van der Waals surface area contributed by atoms with Crippen molar-refractivity contribution in [1.82, 2.24) is 9.97 Å². The van der Waals surface area contributed by atoms with Gasteiger partial charge in [0.2, 0.25) is 0 Å².